The highest BCUT2D eigenvalue weighted by Crippen LogP contribution is 2.28. The Morgan fingerprint density at radius 3 is 2.60 bits per heavy atom. The lowest BCUT2D eigenvalue weighted by Gasteiger charge is -2.22. The predicted molar refractivity (Wildman–Crippen MR) is 123 cm³/mol. The lowest BCUT2D eigenvalue weighted by molar-refractivity contribution is -0.113. The van der Waals surface area contributed by atoms with E-state index in [1.807, 2.05) is 42.5 Å². The van der Waals surface area contributed by atoms with E-state index in [4.69, 9.17) is 4.74 Å². The van der Waals surface area contributed by atoms with Gasteiger partial charge in [-0.15, -0.1) is 11.8 Å². The monoisotopic (exact) mass is 427 g/mol. The zero-order valence-electron chi connectivity index (χ0n) is 17.4. The molecule has 160 valence electrons. The molecule has 0 bridgehead atoms. The highest BCUT2D eigenvalue weighted by atomic mass is 32.2. The summed E-state index contributed by atoms with van der Waals surface area (Å²) >= 11 is 1.49. The van der Waals surface area contributed by atoms with Gasteiger partial charge in [-0.2, -0.15) is 0 Å². The summed E-state index contributed by atoms with van der Waals surface area (Å²) in [4.78, 5) is 28.5. The van der Waals surface area contributed by atoms with Gasteiger partial charge in [0.2, 0.25) is 5.91 Å². The molecule has 0 aromatic heterocycles. The van der Waals surface area contributed by atoms with E-state index in [0.29, 0.717) is 30.2 Å². The summed E-state index contributed by atoms with van der Waals surface area (Å²) in [7, 11) is 1.65. The second-order valence-corrected chi connectivity index (χ2v) is 8.23. The maximum absolute atomic E-state index is 12.8. The van der Waals surface area contributed by atoms with Crippen LogP contribution in [0.1, 0.15) is 29.6 Å². The summed E-state index contributed by atoms with van der Waals surface area (Å²) in [5.74, 6) is 0.100. The Kier molecular flexibility index (Phi) is 8.59. The van der Waals surface area contributed by atoms with E-state index in [1.165, 1.54) is 11.8 Å². The van der Waals surface area contributed by atoms with Crippen LogP contribution in [0.3, 0.4) is 0 Å². The van der Waals surface area contributed by atoms with E-state index in [1.54, 1.807) is 13.2 Å². The third-order valence-electron chi connectivity index (χ3n) is 4.90. The molecule has 0 atom stereocenters. The Hall–Kier alpha value is -2.51. The number of amides is 2. The normalized spacial score (nSPS) is 13.3. The van der Waals surface area contributed by atoms with Crippen molar-refractivity contribution in [2.24, 2.45) is 0 Å². The van der Waals surface area contributed by atoms with Gasteiger partial charge >= 0.3 is 0 Å². The summed E-state index contributed by atoms with van der Waals surface area (Å²) in [5.41, 5.74) is 2.16. The van der Waals surface area contributed by atoms with Crippen molar-refractivity contribution in [3.63, 3.8) is 0 Å². The van der Waals surface area contributed by atoms with E-state index in [9.17, 15) is 9.59 Å². The molecule has 2 aromatic carbocycles. The fourth-order valence-corrected chi connectivity index (χ4v) is 4.13. The zero-order chi connectivity index (χ0) is 21.2. The molecule has 0 unspecified atom stereocenters. The molecule has 1 fully saturated rings. The van der Waals surface area contributed by atoms with Crippen molar-refractivity contribution in [2.45, 2.75) is 24.2 Å². The van der Waals surface area contributed by atoms with Gasteiger partial charge in [0.1, 0.15) is 0 Å². The van der Waals surface area contributed by atoms with Crippen LogP contribution in [0.2, 0.25) is 0 Å². The van der Waals surface area contributed by atoms with Crippen molar-refractivity contribution in [1.29, 1.82) is 0 Å². The summed E-state index contributed by atoms with van der Waals surface area (Å²) in [6.07, 6.45) is 3.02. The SMILES string of the molecule is COCCCNC(=O)c1cc(NC(=O)CSc2ccccc2)ccc1N1CCCC1. The number of anilines is 2. The number of benzene rings is 2. The number of carbonyl (C=O) groups is 2. The second-order valence-electron chi connectivity index (χ2n) is 7.18. The van der Waals surface area contributed by atoms with E-state index in [-0.39, 0.29) is 11.8 Å². The molecule has 7 heteroatoms. The van der Waals surface area contributed by atoms with E-state index in [2.05, 4.69) is 15.5 Å². The molecule has 1 aliphatic rings. The molecule has 3 rings (SSSR count). The molecular weight excluding hydrogens is 398 g/mol. The van der Waals surface area contributed by atoms with Crippen molar-refractivity contribution in [3.8, 4) is 0 Å². The molecule has 1 aliphatic heterocycles. The summed E-state index contributed by atoms with van der Waals surface area (Å²) in [6.45, 7) is 3.05. The largest absolute Gasteiger partial charge is 0.385 e. The van der Waals surface area contributed by atoms with Crippen molar-refractivity contribution in [3.05, 3.63) is 54.1 Å². The minimum atomic E-state index is -0.122. The quantitative estimate of drug-likeness (QED) is 0.446. The number of methoxy groups -OCH3 is 1. The highest BCUT2D eigenvalue weighted by Gasteiger charge is 2.20. The fourth-order valence-electron chi connectivity index (χ4n) is 3.41. The average molecular weight is 428 g/mol. The van der Waals surface area contributed by atoms with E-state index in [0.717, 1.165) is 42.9 Å². The van der Waals surface area contributed by atoms with Crippen LogP contribution in [-0.4, -0.2) is 50.9 Å². The molecular formula is C23H29N3O3S. The van der Waals surface area contributed by atoms with Gasteiger partial charge < -0.3 is 20.3 Å². The third-order valence-corrected chi connectivity index (χ3v) is 5.91. The first-order valence-corrected chi connectivity index (χ1v) is 11.3. The van der Waals surface area contributed by atoms with Crippen LogP contribution < -0.4 is 15.5 Å². The van der Waals surface area contributed by atoms with E-state index < -0.39 is 0 Å². The van der Waals surface area contributed by atoms with Crippen molar-refractivity contribution < 1.29 is 14.3 Å². The van der Waals surface area contributed by atoms with Crippen molar-refractivity contribution in [2.75, 3.05) is 49.3 Å². The topological polar surface area (TPSA) is 70.7 Å². The predicted octanol–water partition coefficient (Wildman–Crippen LogP) is 3.78. The second kappa shape index (κ2) is 11.6. The van der Waals surface area contributed by atoms with Crippen molar-refractivity contribution in [1.82, 2.24) is 5.32 Å². The van der Waals surface area contributed by atoms with Crippen LogP contribution in [0.15, 0.2) is 53.4 Å². The smallest absolute Gasteiger partial charge is 0.253 e. The minimum Gasteiger partial charge on any atom is -0.385 e. The van der Waals surface area contributed by atoms with Crippen LogP contribution in [0.5, 0.6) is 0 Å². The molecule has 2 aromatic rings. The standard InChI is InChI=1S/C23H29N3O3S/c1-29-15-7-12-24-23(28)20-16-18(10-11-21(20)26-13-5-6-14-26)25-22(27)17-30-19-8-3-2-4-9-19/h2-4,8-11,16H,5-7,12-15,17H2,1H3,(H,24,28)(H,25,27). The number of rotatable bonds is 10. The molecule has 1 heterocycles. The number of thioether (sulfide) groups is 1. The van der Waals surface area contributed by atoms with Gasteiger partial charge in [0, 0.05) is 49.6 Å². The summed E-state index contributed by atoms with van der Waals surface area (Å²) < 4.78 is 5.04. The molecule has 2 amide bonds. The first-order valence-electron chi connectivity index (χ1n) is 10.3. The van der Waals surface area contributed by atoms with Gasteiger partial charge in [0.05, 0.1) is 11.3 Å². The Balaban J connectivity index is 1.67. The maximum atomic E-state index is 12.8. The van der Waals surface area contributed by atoms with Crippen LogP contribution in [0.25, 0.3) is 0 Å². The van der Waals surface area contributed by atoms with Gasteiger partial charge in [0.25, 0.3) is 5.91 Å². The lowest BCUT2D eigenvalue weighted by Crippen LogP contribution is -2.29. The number of nitrogens with one attached hydrogen (secondary N) is 2. The first-order chi connectivity index (χ1) is 14.7. The Labute approximate surface area is 182 Å². The third kappa shape index (κ3) is 6.50. The van der Waals surface area contributed by atoms with Gasteiger partial charge in [-0.3, -0.25) is 9.59 Å². The lowest BCUT2D eigenvalue weighted by atomic mass is 10.1. The molecule has 0 spiro atoms. The Bertz CT molecular complexity index is 839. The van der Waals surface area contributed by atoms with Gasteiger partial charge in [-0.25, -0.2) is 0 Å². The van der Waals surface area contributed by atoms with Crippen LogP contribution in [0.4, 0.5) is 11.4 Å². The fraction of sp³-hybridized carbons (Fsp3) is 0.391. The number of hydrogen-bond acceptors (Lipinski definition) is 5. The van der Waals surface area contributed by atoms with Crippen LogP contribution in [-0.2, 0) is 9.53 Å². The summed E-state index contributed by atoms with van der Waals surface area (Å²) in [5, 5.41) is 5.89. The molecule has 0 aliphatic carbocycles. The summed E-state index contributed by atoms with van der Waals surface area (Å²) in [6, 6.07) is 15.4. The highest BCUT2D eigenvalue weighted by molar-refractivity contribution is 8.00. The molecule has 2 N–H and O–H groups in total. The van der Waals surface area contributed by atoms with Gasteiger partial charge in [-0.1, -0.05) is 18.2 Å². The molecule has 6 nitrogen and oxygen atoms in total. The number of carbonyl (C=O) groups excluding carboxylic acids is 2. The van der Waals surface area contributed by atoms with Gasteiger partial charge in [0.15, 0.2) is 0 Å². The molecule has 0 saturated carbocycles. The first kappa shape index (κ1) is 22.2. The van der Waals surface area contributed by atoms with Gasteiger partial charge in [-0.05, 0) is 49.6 Å². The minimum absolute atomic E-state index is 0.0933. The molecule has 0 radical (unpaired) electrons. The van der Waals surface area contributed by atoms with E-state index >= 15 is 0 Å². The number of ether oxygens (including phenoxy) is 1. The zero-order valence-corrected chi connectivity index (χ0v) is 18.2. The number of nitrogens with zero attached hydrogens (tertiary/aromatic N) is 1. The Morgan fingerprint density at radius 1 is 1.10 bits per heavy atom. The molecule has 1 saturated heterocycles. The number of hydrogen-bond donors (Lipinski definition) is 2. The average Bonchev–Trinajstić information content (AvgIpc) is 3.30. The molecule has 30 heavy (non-hydrogen) atoms. The van der Waals surface area contributed by atoms with Crippen LogP contribution >= 0.6 is 11.8 Å². The maximum Gasteiger partial charge on any atom is 0.253 e. The van der Waals surface area contributed by atoms with Crippen LogP contribution in [0, 0.1) is 0 Å². The Morgan fingerprint density at radius 2 is 1.87 bits per heavy atom. The van der Waals surface area contributed by atoms with Crippen molar-refractivity contribution >= 4 is 35.0 Å².